The lowest BCUT2D eigenvalue weighted by atomic mass is 9.93. The monoisotopic (exact) mass is 633 g/mol. The summed E-state index contributed by atoms with van der Waals surface area (Å²) in [7, 11) is 0. The van der Waals surface area contributed by atoms with E-state index in [-0.39, 0.29) is 18.1 Å². The molecular formula is C36H47N3O5S. The molecule has 4 N–H and O–H groups in total. The van der Waals surface area contributed by atoms with Crippen LogP contribution in [0.1, 0.15) is 68.6 Å². The number of amides is 3. The molecule has 9 heteroatoms. The molecule has 0 saturated carbocycles. The summed E-state index contributed by atoms with van der Waals surface area (Å²) >= 11 is 1.48. The number of nitrogens with zero attached hydrogens (tertiary/aromatic N) is 1. The van der Waals surface area contributed by atoms with Crippen LogP contribution in [0, 0.1) is 0 Å². The molecule has 8 nitrogen and oxygen atoms in total. The van der Waals surface area contributed by atoms with Gasteiger partial charge in [0.25, 0.3) is 5.91 Å². The van der Waals surface area contributed by atoms with E-state index in [0.717, 1.165) is 11.1 Å². The van der Waals surface area contributed by atoms with E-state index in [1.165, 1.54) is 16.7 Å². The van der Waals surface area contributed by atoms with E-state index in [0.29, 0.717) is 23.3 Å². The summed E-state index contributed by atoms with van der Waals surface area (Å²) in [5.74, 6) is 0.123. The molecule has 3 aromatic carbocycles. The number of aliphatic hydroxyl groups is 1. The Balaban J connectivity index is 1.90. The summed E-state index contributed by atoms with van der Waals surface area (Å²) in [6, 6.07) is 24.7. The fraction of sp³-hybridized carbons (Fsp3) is 0.417. The van der Waals surface area contributed by atoms with E-state index in [4.69, 9.17) is 0 Å². The molecule has 0 aromatic heterocycles. The minimum Gasteiger partial charge on any atom is -0.465 e. The number of nitrogens with one attached hydrogen (secondary N) is 2. The molecule has 3 amide bonds. The van der Waals surface area contributed by atoms with Crippen LogP contribution in [-0.2, 0) is 23.4 Å². The van der Waals surface area contributed by atoms with Crippen molar-refractivity contribution in [3.05, 3.63) is 107 Å². The molecule has 0 bridgehead atoms. The third kappa shape index (κ3) is 11.2. The predicted octanol–water partition coefficient (Wildman–Crippen LogP) is 5.93. The van der Waals surface area contributed by atoms with Crippen molar-refractivity contribution in [3.8, 4) is 0 Å². The normalized spacial score (nSPS) is 13.8. The van der Waals surface area contributed by atoms with Crippen molar-refractivity contribution in [2.45, 2.75) is 89.4 Å². The van der Waals surface area contributed by atoms with Gasteiger partial charge in [0.1, 0.15) is 6.04 Å². The second-order valence-electron chi connectivity index (χ2n) is 13.3. The standard InChI is InChI=1S/C36H47N3O5S/c1-35(2,3)38-32(41)28-20-14-13-19-27(28)22-31(40)29(21-25-15-9-7-10-16-25)37-33(42)30(39(34(43)44)36(4,5)6)24-45-23-26-17-11-8-12-18-26/h7-20,29-31,40H,21-24H2,1-6H3,(H,37,42)(H,38,41)(H,43,44)/t29-,30+,31+/m0/s1. The molecule has 0 aliphatic carbocycles. The Morgan fingerprint density at radius 3 is 1.91 bits per heavy atom. The van der Waals surface area contributed by atoms with E-state index in [9.17, 15) is 24.6 Å². The Morgan fingerprint density at radius 2 is 1.36 bits per heavy atom. The van der Waals surface area contributed by atoms with Crippen LogP contribution in [0.4, 0.5) is 4.79 Å². The second-order valence-corrected chi connectivity index (χ2v) is 14.3. The van der Waals surface area contributed by atoms with Gasteiger partial charge in [0, 0.05) is 34.6 Å². The first-order chi connectivity index (χ1) is 21.2. The summed E-state index contributed by atoms with van der Waals surface area (Å²) in [6.07, 6.45) is -1.83. The van der Waals surface area contributed by atoms with Crippen LogP contribution < -0.4 is 10.6 Å². The lowest BCUT2D eigenvalue weighted by molar-refractivity contribution is -0.128. The molecule has 0 heterocycles. The van der Waals surface area contributed by atoms with E-state index in [2.05, 4.69) is 10.6 Å². The highest BCUT2D eigenvalue weighted by Crippen LogP contribution is 2.24. The average Bonchev–Trinajstić information content (AvgIpc) is 2.95. The number of rotatable bonds is 13. The number of thioether (sulfide) groups is 1. The zero-order valence-electron chi connectivity index (χ0n) is 27.1. The number of hydrogen-bond acceptors (Lipinski definition) is 5. The van der Waals surface area contributed by atoms with Gasteiger partial charge in [-0.25, -0.2) is 4.79 Å². The molecular weight excluding hydrogens is 586 g/mol. The molecule has 0 radical (unpaired) electrons. The van der Waals surface area contributed by atoms with Crippen molar-refractivity contribution < 1.29 is 24.6 Å². The van der Waals surface area contributed by atoms with E-state index in [1.54, 1.807) is 39.0 Å². The van der Waals surface area contributed by atoms with Crippen molar-refractivity contribution >= 4 is 29.7 Å². The van der Waals surface area contributed by atoms with Crippen molar-refractivity contribution in [2.75, 3.05) is 5.75 Å². The molecule has 3 atom stereocenters. The van der Waals surface area contributed by atoms with Crippen molar-refractivity contribution in [2.24, 2.45) is 0 Å². The Morgan fingerprint density at radius 1 is 0.800 bits per heavy atom. The number of carbonyl (C=O) groups is 3. The molecule has 0 aliphatic heterocycles. The number of benzene rings is 3. The van der Waals surface area contributed by atoms with Crippen molar-refractivity contribution in [3.63, 3.8) is 0 Å². The highest BCUT2D eigenvalue weighted by atomic mass is 32.2. The summed E-state index contributed by atoms with van der Waals surface area (Å²) in [6.45, 7) is 11.0. The van der Waals surface area contributed by atoms with Crippen LogP contribution in [-0.4, -0.2) is 68.0 Å². The highest BCUT2D eigenvalue weighted by molar-refractivity contribution is 7.98. The maximum absolute atomic E-state index is 14.1. The first-order valence-corrected chi connectivity index (χ1v) is 16.4. The number of aliphatic hydroxyl groups excluding tert-OH is 1. The Bertz CT molecular complexity index is 1400. The van der Waals surface area contributed by atoms with Crippen molar-refractivity contribution in [1.82, 2.24) is 15.5 Å². The van der Waals surface area contributed by atoms with E-state index < -0.39 is 41.3 Å². The summed E-state index contributed by atoms with van der Waals surface area (Å²) in [4.78, 5) is 40.9. The SMILES string of the molecule is CC(C)(C)NC(=O)c1ccccc1C[C@@H](O)[C@H](Cc1ccccc1)NC(=O)[C@@H](CSCc1ccccc1)N(C(=O)O)C(C)(C)C. The molecule has 3 aromatic rings. The van der Waals surface area contributed by atoms with Gasteiger partial charge in [0.05, 0.1) is 12.1 Å². The first-order valence-electron chi connectivity index (χ1n) is 15.2. The van der Waals surface area contributed by atoms with Gasteiger partial charge in [0.2, 0.25) is 5.91 Å². The maximum atomic E-state index is 14.1. The number of carboxylic acid groups (broad SMARTS) is 1. The zero-order chi connectivity index (χ0) is 33.2. The van der Waals surface area contributed by atoms with Crippen LogP contribution in [0.5, 0.6) is 0 Å². The third-order valence-electron chi connectivity index (χ3n) is 7.20. The Kier molecular flexibility index (Phi) is 12.6. The predicted molar refractivity (Wildman–Crippen MR) is 181 cm³/mol. The van der Waals surface area contributed by atoms with E-state index >= 15 is 0 Å². The van der Waals surface area contributed by atoms with Gasteiger partial charge in [-0.05, 0) is 70.7 Å². The zero-order valence-corrected chi connectivity index (χ0v) is 27.9. The topological polar surface area (TPSA) is 119 Å². The first kappa shape index (κ1) is 35.7. The lowest BCUT2D eigenvalue weighted by Gasteiger charge is -2.39. The Labute approximate surface area is 271 Å². The molecule has 0 fully saturated rings. The van der Waals surface area contributed by atoms with Gasteiger partial charge in [0.15, 0.2) is 0 Å². The van der Waals surface area contributed by atoms with Crippen LogP contribution in [0.3, 0.4) is 0 Å². The van der Waals surface area contributed by atoms with Gasteiger partial charge in [-0.3, -0.25) is 14.5 Å². The smallest absolute Gasteiger partial charge is 0.408 e. The molecule has 3 rings (SSSR count). The molecule has 242 valence electrons. The van der Waals surface area contributed by atoms with E-state index in [1.807, 2.05) is 87.5 Å². The largest absolute Gasteiger partial charge is 0.465 e. The van der Waals surface area contributed by atoms with Gasteiger partial charge >= 0.3 is 6.09 Å². The molecule has 0 unspecified atom stereocenters. The molecule has 45 heavy (non-hydrogen) atoms. The number of carbonyl (C=O) groups excluding carboxylic acids is 2. The minimum atomic E-state index is -1.19. The lowest BCUT2D eigenvalue weighted by Crippen LogP contribution is -2.60. The molecule has 0 saturated heterocycles. The average molecular weight is 634 g/mol. The quantitative estimate of drug-likeness (QED) is 0.185. The Hall–Kier alpha value is -3.82. The van der Waals surface area contributed by atoms with Crippen LogP contribution >= 0.6 is 11.8 Å². The van der Waals surface area contributed by atoms with Crippen LogP contribution in [0.25, 0.3) is 0 Å². The summed E-state index contributed by atoms with van der Waals surface area (Å²) in [5, 5.41) is 27.9. The number of hydrogen-bond donors (Lipinski definition) is 4. The summed E-state index contributed by atoms with van der Waals surface area (Å²) in [5.41, 5.74) is 1.79. The molecule has 0 spiro atoms. The fourth-order valence-corrected chi connectivity index (χ4v) is 6.21. The van der Waals surface area contributed by atoms with Gasteiger partial charge in [-0.1, -0.05) is 78.9 Å². The van der Waals surface area contributed by atoms with Gasteiger partial charge in [-0.2, -0.15) is 11.8 Å². The van der Waals surface area contributed by atoms with Gasteiger partial charge in [-0.15, -0.1) is 0 Å². The summed E-state index contributed by atoms with van der Waals surface area (Å²) < 4.78 is 0. The fourth-order valence-electron chi connectivity index (χ4n) is 5.14. The second kappa shape index (κ2) is 16.0. The minimum absolute atomic E-state index is 0.112. The third-order valence-corrected chi connectivity index (χ3v) is 8.29. The highest BCUT2D eigenvalue weighted by Gasteiger charge is 2.39. The van der Waals surface area contributed by atoms with Gasteiger partial charge < -0.3 is 20.8 Å². The van der Waals surface area contributed by atoms with Crippen LogP contribution in [0.15, 0.2) is 84.9 Å². The maximum Gasteiger partial charge on any atom is 0.408 e. The van der Waals surface area contributed by atoms with Crippen LogP contribution in [0.2, 0.25) is 0 Å². The van der Waals surface area contributed by atoms with Crippen molar-refractivity contribution in [1.29, 1.82) is 0 Å². The molecule has 0 aliphatic rings.